The van der Waals surface area contributed by atoms with Gasteiger partial charge < -0.3 is 5.32 Å². The van der Waals surface area contributed by atoms with Crippen molar-refractivity contribution in [2.24, 2.45) is 0 Å². The average Bonchev–Trinajstić information content (AvgIpc) is 3.18. The predicted molar refractivity (Wildman–Crippen MR) is 103 cm³/mol. The topological polar surface area (TPSA) is 46.9 Å². The Kier molecular flexibility index (Phi) is 3.86. The first-order valence-corrected chi connectivity index (χ1v) is 8.84. The molecule has 0 aliphatic heterocycles. The van der Waals surface area contributed by atoms with Crippen molar-refractivity contribution in [1.82, 2.24) is 9.55 Å². The van der Waals surface area contributed by atoms with Crippen LogP contribution in [-0.2, 0) is 0 Å². The molecule has 0 bridgehead atoms. The monoisotopic (exact) mass is 347 g/mol. The molecular weight excluding hydrogens is 330 g/mol. The first kappa shape index (κ1) is 15.6. The lowest BCUT2D eigenvalue weighted by Gasteiger charge is -2.08. The number of carbonyl (C=O) groups excluding carboxylic acids is 1. The summed E-state index contributed by atoms with van der Waals surface area (Å²) in [5.41, 5.74) is 4.55. The number of aromatic nitrogens is 2. The van der Waals surface area contributed by atoms with Crippen LogP contribution in [0.3, 0.4) is 0 Å². The van der Waals surface area contributed by atoms with E-state index < -0.39 is 0 Å². The second-order valence-electron chi connectivity index (χ2n) is 5.93. The molecule has 124 valence electrons. The molecular formula is C20H17N3OS. The minimum absolute atomic E-state index is 0.0670. The highest BCUT2D eigenvalue weighted by atomic mass is 32.1. The summed E-state index contributed by atoms with van der Waals surface area (Å²) in [6, 6.07) is 17.7. The Balaban J connectivity index is 1.58. The smallest absolute Gasteiger partial charge is 0.256 e. The van der Waals surface area contributed by atoms with Gasteiger partial charge in [-0.25, -0.2) is 4.98 Å². The number of rotatable bonds is 3. The second-order valence-corrected chi connectivity index (χ2v) is 7.39. The fraction of sp³-hybridized carbons (Fsp3) is 0.100. The Morgan fingerprint density at radius 1 is 1.08 bits per heavy atom. The van der Waals surface area contributed by atoms with Crippen LogP contribution in [0.25, 0.3) is 16.7 Å². The highest BCUT2D eigenvalue weighted by molar-refractivity contribution is 7.12. The minimum atomic E-state index is -0.0670. The van der Waals surface area contributed by atoms with Gasteiger partial charge in [0.15, 0.2) is 0 Å². The molecule has 2 heterocycles. The van der Waals surface area contributed by atoms with Gasteiger partial charge in [0, 0.05) is 21.1 Å². The van der Waals surface area contributed by atoms with Crippen molar-refractivity contribution in [3.05, 3.63) is 76.2 Å². The van der Waals surface area contributed by atoms with Gasteiger partial charge in [-0.1, -0.05) is 12.1 Å². The van der Waals surface area contributed by atoms with E-state index in [-0.39, 0.29) is 5.91 Å². The zero-order valence-corrected chi connectivity index (χ0v) is 14.8. The maximum Gasteiger partial charge on any atom is 0.256 e. The molecule has 0 aliphatic carbocycles. The number of carbonyl (C=O) groups is 1. The van der Waals surface area contributed by atoms with Gasteiger partial charge in [-0.2, -0.15) is 0 Å². The number of anilines is 1. The highest BCUT2D eigenvalue weighted by Crippen LogP contribution is 2.23. The summed E-state index contributed by atoms with van der Waals surface area (Å²) in [7, 11) is 0. The molecule has 4 nitrogen and oxygen atoms in total. The average molecular weight is 347 g/mol. The summed E-state index contributed by atoms with van der Waals surface area (Å²) >= 11 is 1.64. The number of benzene rings is 2. The third-order valence-corrected chi connectivity index (χ3v) is 5.11. The van der Waals surface area contributed by atoms with Crippen molar-refractivity contribution in [2.75, 3.05) is 5.32 Å². The molecule has 0 saturated carbocycles. The fourth-order valence-electron chi connectivity index (χ4n) is 2.92. The Morgan fingerprint density at radius 2 is 1.84 bits per heavy atom. The van der Waals surface area contributed by atoms with Crippen LogP contribution in [0.2, 0.25) is 0 Å². The number of nitrogens with zero attached hydrogens (tertiary/aromatic N) is 2. The van der Waals surface area contributed by atoms with Crippen LogP contribution >= 0.6 is 11.3 Å². The summed E-state index contributed by atoms with van der Waals surface area (Å²) in [5, 5.41) is 2.96. The van der Waals surface area contributed by atoms with E-state index in [0.29, 0.717) is 0 Å². The molecule has 4 rings (SSSR count). The Labute approximate surface area is 149 Å². The number of para-hydroxylation sites is 2. The second kappa shape index (κ2) is 6.18. The van der Waals surface area contributed by atoms with Gasteiger partial charge in [0.2, 0.25) is 0 Å². The minimum Gasteiger partial charge on any atom is -0.322 e. The van der Waals surface area contributed by atoms with E-state index in [1.165, 1.54) is 0 Å². The van der Waals surface area contributed by atoms with Gasteiger partial charge in [-0.05, 0) is 56.3 Å². The summed E-state index contributed by atoms with van der Waals surface area (Å²) in [6.45, 7) is 3.98. The molecule has 0 unspecified atom stereocenters. The van der Waals surface area contributed by atoms with Crippen molar-refractivity contribution < 1.29 is 4.79 Å². The number of hydrogen-bond acceptors (Lipinski definition) is 3. The summed E-state index contributed by atoms with van der Waals surface area (Å²) in [4.78, 5) is 19.0. The van der Waals surface area contributed by atoms with E-state index in [9.17, 15) is 4.79 Å². The van der Waals surface area contributed by atoms with Crippen molar-refractivity contribution in [1.29, 1.82) is 0 Å². The lowest BCUT2D eigenvalue weighted by Crippen LogP contribution is -2.12. The van der Waals surface area contributed by atoms with E-state index >= 15 is 0 Å². The van der Waals surface area contributed by atoms with Gasteiger partial charge in [0.1, 0.15) is 6.33 Å². The van der Waals surface area contributed by atoms with Gasteiger partial charge in [-0.3, -0.25) is 9.36 Å². The van der Waals surface area contributed by atoms with E-state index in [1.807, 2.05) is 79.3 Å². The first-order valence-electron chi connectivity index (χ1n) is 8.03. The van der Waals surface area contributed by atoms with Crippen LogP contribution in [0.4, 0.5) is 5.69 Å². The molecule has 0 radical (unpaired) electrons. The quantitative estimate of drug-likeness (QED) is 0.569. The molecule has 5 heteroatoms. The molecule has 0 saturated heterocycles. The van der Waals surface area contributed by atoms with E-state index in [0.717, 1.165) is 37.7 Å². The lowest BCUT2D eigenvalue weighted by atomic mass is 10.2. The number of nitrogens with one attached hydrogen (secondary N) is 1. The maximum absolute atomic E-state index is 12.4. The summed E-state index contributed by atoms with van der Waals surface area (Å²) < 4.78 is 2.04. The maximum atomic E-state index is 12.4. The largest absolute Gasteiger partial charge is 0.322 e. The molecule has 4 aromatic rings. The molecule has 0 fully saturated rings. The van der Waals surface area contributed by atoms with Gasteiger partial charge in [0.25, 0.3) is 5.91 Å². The SMILES string of the molecule is Cc1cc(C(=O)Nc2ccc(-n3cnc4ccccc43)cc2)c(C)s1. The van der Waals surface area contributed by atoms with Gasteiger partial charge >= 0.3 is 0 Å². The summed E-state index contributed by atoms with van der Waals surface area (Å²) in [6.07, 6.45) is 1.82. The van der Waals surface area contributed by atoms with Crippen molar-refractivity contribution >= 4 is 34.0 Å². The number of thiophene rings is 1. The van der Waals surface area contributed by atoms with Crippen LogP contribution in [0.1, 0.15) is 20.1 Å². The molecule has 0 spiro atoms. The molecule has 0 aliphatic rings. The zero-order chi connectivity index (χ0) is 17.4. The Bertz CT molecular complexity index is 1060. The Morgan fingerprint density at radius 3 is 2.56 bits per heavy atom. The first-order chi connectivity index (χ1) is 12.1. The van der Waals surface area contributed by atoms with E-state index in [4.69, 9.17) is 0 Å². The number of fused-ring (bicyclic) bond motifs is 1. The lowest BCUT2D eigenvalue weighted by molar-refractivity contribution is 0.102. The number of hydrogen-bond donors (Lipinski definition) is 1. The molecule has 1 N–H and O–H groups in total. The van der Waals surface area contributed by atoms with Crippen LogP contribution in [0.5, 0.6) is 0 Å². The van der Waals surface area contributed by atoms with Gasteiger partial charge in [-0.15, -0.1) is 11.3 Å². The van der Waals surface area contributed by atoms with Crippen molar-refractivity contribution in [3.63, 3.8) is 0 Å². The number of aryl methyl sites for hydroxylation is 2. The predicted octanol–water partition coefficient (Wildman–Crippen LogP) is 4.96. The van der Waals surface area contributed by atoms with Crippen LogP contribution in [0.15, 0.2) is 60.9 Å². The van der Waals surface area contributed by atoms with Crippen LogP contribution < -0.4 is 5.32 Å². The third kappa shape index (κ3) is 2.94. The third-order valence-electron chi connectivity index (χ3n) is 4.14. The molecule has 2 aromatic carbocycles. The van der Waals surface area contributed by atoms with Gasteiger partial charge in [0.05, 0.1) is 16.6 Å². The van der Waals surface area contributed by atoms with Crippen molar-refractivity contribution in [3.8, 4) is 5.69 Å². The van der Waals surface area contributed by atoms with E-state index in [1.54, 1.807) is 11.3 Å². The standard InChI is InChI=1S/C20H17N3OS/c1-13-11-17(14(2)25-13)20(24)22-15-7-9-16(10-8-15)23-12-21-18-5-3-4-6-19(18)23/h3-12H,1-2H3,(H,22,24). The summed E-state index contributed by atoms with van der Waals surface area (Å²) in [5.74, 6) is -0.0670. The molecule has 1 amide bonds. The number of imidazole rings is 1. The zero-order valence-electron chi connectivity index (χ0n) is 14.0. The van der Waals surface area contributed by atoms with E-state index in [2.05, 4.69) is 10.3 Å². The fourth-order valence-corrected chi connectivity index (χ4v) is 3.85. The normalized spacial score (nSPS) is 11.0. The Hall–Kier alpha value is -2.92. The van der Waals surface area contributed by atoms with Crippen molar-refractivity contribution in [2.45, 2.75) is 13.8 Å². The molecule has 0 atom stereocenters. The molecule has 25 heavy (non-hydrogen) atoms. The highest BCUT2D eigenvalue weighted by Gasteiger charge is 2.12. The van der Waals surface area contributed by atoms with Crippen LogP contribution in [0, 0.1) is 13.8 Å². The van der Waals surface area contributed by atoms with Crippen LogP contribution in [-0.4, -0.2) is 15.5 Å². The molecule has 2 aromatic heterocycles. The number of amides is 1.